The Morgan fingerprint density at radius 3 is 1.04 bits per heavy atom. The van der Waals surface area contributed by atoms with Crippen LogP contribution in [0.25, 0.3) is 0 Å². The molecule has 0 spiro atoms. The van der Waals surface area contributed by atoms with Crippen LogP contribution >= 0.6 is 0 Å². The molecule has 5 rings (SSSR count). The molecule has 40 heteroatoms. The molecule has 121 heavy (non-hydrogen) atoms. The smallest absolute Gasteiger partial charge is 0.306 e. The van der Waals surface area contributed by atoms with E-state index in [-0.39, 0.29) is 166 Å². The summed E-state index contributed by atoms with van der Waals surface area (Å²) in [6.45, 7) is -1.85. The lowest BCUT2D eigenvalue weighted by atomic mass is 9.99. The molecule has 0 bridgehead atoms. The van der Waals surface area contributed by atoms with Crippen molar-refractivity contribution in [2.45, 2.75) is 272 Å². The van der Waals surface area contributed by atoms with Crippen LogP contribution in [0.15, 0.2) is 60.7 Å². The van der Waals surface area contributed by atoms with Crippen molar-refractivity contribution in [3.8, 4) is 0 Å². The third kappa shape index (κ3) is 45.8. The number of benzene rings is 2. The minimum atomic E-state index is -1.57. The summed E-state index contributed by atoms with van der Waals surface area (Å²) >= 11 is 0. The SMILES string of the molecule is NCCO[C@H]1O[C@H](CO)[C@@H](O)[C@H](O)[C@@H]1O.O=C(CCCCCNC(=O)CN(CC(=O)CCCCCCC(=O)NCCOC1O[C@H](CO)[C@@H](O)[C@H](O)[C@@H]1O)C(=O)CCC(=O)OCc1ccccc1)CCCO[C@H]1O[C@H](CO)[C@@H](O)[C@H](O)[C@@H]1O.O=C(O)CCCCCCC(=O)CN(CC(=O)NCCCCCC(=O)O)C(=O)CCC(=O)OCc1ccccc1. The highest BCUT2D eigenvalue weighted by Gasteiger charge is 2.46. The number of carboxylic acids is 2. The molecule has 0 saturated carbocycles. The van der Waals surface area contributed by atoms with E-state index in [9.17, 15) is 114 Å². The van der Waals surface area contributed by atoms with E-state index in [1.165, 1.54) is 0 Å². The van der Waals surface area contributed by atoms with Crippen molar-refractivity contribution in [3.05, 3.63) is 71.8 Å². The van der Waals surface area contributed by atoms with Gasteiger partial charge in [-0.25, -0.2) is 0 Å². The highest BCUT2D eigenvalue weighted by Crippen LogP contribution is 2.25. The zero-order valence-corrected chi connectivity index (χ0v) is 68.5. The summed E-state index contributed by atoms with van der Waals surface area (Å²) < 4.78 is 41.8. The maximum absolute atomic E-state index is 13.2. The fourth-order valence-corrected chi connectivity index (χ4v) is 12.3. The molecule has 3 aliphatic rings. The number of ether oxygens (including phenoxy) is 8. The highest BCUT2D eigenvalue weighted by molar-refractivity contribution is 5.92. The minimum absolute atomic E-state index is 0.0227. The Hall–Kier alpha value is -8.08. The first-order chi connectivity index (χ1) is 57.9. The second-order valence-electron chi connectivity index (χ2n) is 29.3. The molecule has 3 saturated heterocycles. The predicted octanol–water partition coefficient (Wildman–Crippen LogP) is -2.12. The molecule has 19 N–H and O–H groups in total. The average molecular weight is 1730 g/mol. The van der Waals surface area contributed by atoms with E-state index in [1.807, 2.05) is 36.4 Å². The summed E-state index contributed by atoms with van der Waals surface area (Å²) in [5.74, 6) is -5.72. The number of Topliss-reactive ketones (excluding diaryl/α,β-unsaturated/α-hetero) is 3. The maximum Gasteiger partial charge on any atom is 0.306 e. The molecular weight excluding hydrogens is 1600 g/mol. The largest absolute Gasteiger partial charge is 0.481 e. The number of aliphatic carboxylic acids is 2. The first-order valence-electron chi connectivity index (χ1n) is 41.1. The van der Waals surface area contributed by atoms with Crippen LogP contribution in [-0.2, 0) is 109 Å². The quantitative estimate of drug-likeness (QED) is 0.0249. The second-order valence-corrected chi connectivity index (χ2v) is 29.3. The number of carboxylic acid groups (broad SMARTS) is 2. The van der Waals surface area contributed by atoms with E-state index in [0.717, 1.165) is 20.9 Å². The van der Waals surface area contributed by atoms with Crippen LogP contribution in [0.4, 0.5) is 0 Å². The second kappa shape index (κ2) is 62.9. The molecule has 0 aliphatic carbocycles. The van der Waals surface area contributed by atoms with Gasteiger partial charge in [-0.2, -0.15) is 0 Å². The van der Waals surface area contributed by atoms with Crippen LogP contribution in [0.2, 0.25) is 0 Å². The number of hydrogen-bond donors (Lipinski definition) is 18. The van der Waals surface area contributed by atoms with E-state index < -0.39 is 166 Å². The molecule has 2 aromatic rings. The number of hydrogen-bond acceptors (Lipinski definition) is 33. The van der Waals surface area contributed by atoms with Crippen LogP contribution < -0.4 is 21.7 Å². The monoisotopic (exact) mass is 1730 g/mol. The van der Waals surface area contributed by atoms with E-state index in [0.29, 0.717) is 103 Å². The summed E-state index contributed by atoms with van der Waals surface area (Å²) in [7, 11) is 0. The molecule has 3 heterocycles. The van der Waals surface area contributed by atoms with E-state index in [4.69, 9.17) is 58.9 Å². The van der Waals surface area contributed by atoms with Crippen LogP contribution in [0, 0.1) is 0 Å². The van der Waals surface area contributed by atoms with Crippen LogP contribution in [-0.4, -0.2) is 336 Å². The fraction of sp³-hybridized carbons (Fsp3) is 0.704. The lowest BCUT2D eigenvalue weighted by Gasteiger charge is -2.39. The fourth-order valence-electron chi connectivity index (χ4n) is 12.3. The first kappa shape index (κ1) is 107. The molecule has 5 amide bonds. The van der Waals surface area contributed by atoms with E-state index in [1.54, 1.807) is 24.3 Å². The topological polar surface area (TPSA) is 630 Å². The number of nitrogens with two attached hydrogens (primary N) is 1. The minimum Gasteiger partial charge on any atom is -0.481 e. The zero-order valence-electron chi connectivity index (χ0n) is 68.5. The summed E-state index contributed by atoms with van der Waals surface area (Å²) in [5, 5.41) is 141. The Morgan fingerprint density at radius 2 is 0.669 bits per heavy atom. The standard InChI is InChI=1S/C45H71N3O19.C28H40N2O9.C8H17NO6/c49-26-32-38(57)40(59)42(61)44(66-32)63-22-11-16-30(51)14-8-4-10-20-46-35(54)25-48(36(55)18-19-37(56)65-28-29-12-5-3-6-13-29)24-31(52)15-7-1-2-9-17-34(53)47-21-23-64-45-43(62)41(60)39(58)33(27-50)67-45;31-23(13-7-1-2-8-14-26(34)35)19-30(20-24(32)29-18-10-4-9-15-27(36)37)25(33)16-17-28(38)39-21-22-11-5-3-6-12-22;9-1-2-14-8-7(13)6(12)5(11)4(3-10)15-8/h3,5-6,12-13,32-33,38-45,49-50,57-62H,1-2,4,7-11,14-28H2,(H,46,54)(H,47,53);3,5-6,11-12H,1-2,4,7-10,13-21H2,(H,29,32)(H,34,35)(H,36,37);4-8,10-13H,1-3,9H2/t32-,33-,38-,39-,40+,41+,42+,43+,44+,45?;;4-,5-,6+,7+,8+/m1.1/s1. The van der Waals surface area contributed by atoms with Crippen molar-refractivity contribution in [3.63, 3.8) is 0 Å². The molecule has 1 unspecified atom stereocenters. The van der Waals surface area contributed by atoms with Gasteiger partial charge in [0.25, 0.3) is 0 Å². The molecule has 2 aromatic carbocycles. The maximum atomic E-state index is 13.2. The number of nitrogens with one attached hydrogen (secondary N) is 3. The Kier molecular flexibility index (Phi) is 55.7. The Balaban J connectivity index is 0.000000583. The van der Waals surface area contributed by atoms with Crippen molar-refractivity contribution < 1.29 is 167 Å². The van der Waals surface area contributed by atoms with Crippen LogP contribution in [0.1, 0.15) is 178 Å². The number of carbonyl (C=O) groups excluding carboxylic acids is 10. The molecule has 686 valence electrons. The van der Waals surface area contributed by atoms with Gasteiger partial charge in [0, 0.05) is 84.0 Å². The van der Waals surface area contributed by atoms with Gasteiger partial charge in [-0.1, -0.05) is 99.2 Å². The van der Waals surface area contributed by atoms with Gasteiger partial charge < -0.3 is 141 Å². The summed E-state index contributed by atoms with van der Waals surface area (Å²) in [6, 6.07) is 18.1. The van der Waals surface area contributed by atoms with Gasteiger partial charge in [-0.15, -0.1) is 0 Å². The van der Waals surface area contributed by atoms with E-state index >= 15 is 0 Å². The van der Waals surface area contributed by atoms with Crippen LogP contribution in [0.3, 0.4) is 0 Å². The highest BCUT2D eigenvalue weighted by atomic mass is 16.7. The molecule has 15 atom stereocenters. The number of carbonyl (C=O) groups is 12. The Bertz CT molecular complexity index is 3210. The third-order valence-electron chi connectivity index (χ3n) is 19.3. The lowest BCUT2D eigenvalue weighted by Crippen LogP contribution is -2.59. The summed E-state index contributed by atoms with van der Waals surface area (Å²) in [4.78, 5) is 149. The normalized spacial score (nSPS) is 22.4. The summed E-state index contributed by atoms with van der Waals surface area (Å²) in [6.07, 6.45) is -11.4. The molecule has 40 nitrogen and oxygen atoms in total. The van der Waals surface area contributed by atoms with Gasteiger partial charge in [-0.05, 0) is 68.9 Å². The van der Waals surface area contributed by atoms with Gasteiger partial charge in [-0.3, -0.25) is 57.5 Å². The molecule has 0 aromatic heterocycles. The van der Waals surface area contributed by atoms with Crippen molar-refractivity contribution in [2.75, 3.05) is 92.0 Å². The number of unbranched alkanes of at least 4 members (excludes halogenated alkanes) is 10. The molecule has 3 aliphatic heterocycles. The number of ketones is 3. The average Bonchev–Trinajstić information content (AvgIpc) is 0.830. The van der Waals surface area contributed by atoms with Crippen molar-refractivity contribution in [1.82, 2.24) is 25.8 Å². The Morgan fingerprint density at radius 1 is 0.339 bits per heavy atom. The number of aliphatic hydroxyl groups excluding tert-OH is 12. The first-order valence-corrected chi connectivity index (χ1v) is 41.1. The lowest BCUT2D eigenvalue weighted by molar-refractivity contribution is -0.301. The number of rotatable bonds is 59. The zero-order chi connectivity index (χ0) is 89.4. The molecule has 3 fully saturated rings. The number of aliphatic hydroxyl groups is 12. The number of nitrogens with zero attached hydrogens (tertiary/aromatic N) is 2. The predicted molar refractivity (Wildman–Crippen MR) is 423 cm³/mol. The number of amides is 5. The van der Waals surface area contributed by atoms with Gasteiger partial charge >= 0.3 is 23.9 Å². The van der Waals surface area contributed by atoms with Gasteiger partial charge in [0.05, 0.1) is 78.7 Å². The van der Waals surface area contributed by atoms with Crippen molar-refractivity contribution in [2.24, 2.45) is 5.73 Å². The molecular formula is C81H128N6O34. The number of esters is 2. The molecule has 0 radical (unpaired) electrons. The van der Waals surface area contributed by atoms with Crippen LogP contribution in [0.5, 0.6) is 0 Å². The van der Waals surface area contributed by atoms with Gasteiger partial charge in [0.2, 0.25) is 29.5 Å². The van der Waals surface area contributed by atoms with Crippen molar-refractivity contribution >= 4 is 70.8 Å². The third-order valence-corrected chi connectivity index (χ3v) is 19.3. The van der Waals surface area contributed by atoms with Gasteiger partial charge in [0.1, 0.15) is 92.2 Å². The Labute approximate surface area is 702 Å². The van der Waals surface area contributed by atoms with Gasteiger partial charge in [0.15, 0.2) is 30.4 Å². The summed E-state index contributed by atoms with van der Waals surface area (Å²) in [5.41, 5.74) is 6.78. The van der Waals surface area contributed by atoms with Crippen molar-refractivity contribution in [1.29, 1.82) is 0 Å². The van der Waals surface area contributed by atoms with E-state index in [2.05, 4.69) is 16.0 Å².